The minimum Gasteiger partial charge on any atom is -0.353 e. The molecule has 0 aliphatic carbocycles. The predicted octanol–water partition coefficient (Wildman–Crippen LogP) is 2.83. The standard InChI is InChI=1S/C14H20N2O/c1-10(2)13-5-4-6-16(13)14-11(3)7-12(9-17)8-15-14/h7-10,13H,4-6H2,1-3H3. The van der Waals surface area contributed by atoms with Crippen LogP contribution in [0.3, 0.4) is 0 Å². The van der Waals surface area contributed by atoms with Gasteiger partial charge in [0.1, 0.15) is 5.82 Å². The van der Waals surface area contributed by atoms with Gasteiger partial charge in [0.2, 0.25) is 0 Å². The number of aromatic nitrogens is 1. The van der Waals surface area contributed by atoms with E-state index in [1.165, 1.54) is 12.8 Å². The lowest BCUT2D eigenvalue weighted by Gasteiger charge is -2.29. The first-order valence-corrected chi connectivity index (χ1v) is 6.32. The maximum Gasteiger partial charge on any atom is 0.151 e. The molecule has 1 atom stereocenters. The van der Waals surface area contributed by atoms with Crippen molar-refractivity contribution in [3.8, 4) is 0 Å². The fourth-order valence-corrected chi connectivity index (χ4v) is 2.70. The van der Waals surface area contributed by atoms with Gasteiger partial charge in [0.25, 0.3) is 0 Å². The first-order valence-electron chi connectivity index (χ1n) is 6.32. The van der Waals surface area contributed by atoms with Gasteiger partial charge in [0.05, 0.1) is 0 Å². The van der Waals surface area contributed by atoms with Gasteiger partial charge in [-0.3, -0.25) is 4.79 Å². The summed E-state index contributed by atoms with van der Waals surface area (Å²) in [5, 5.41) is 0. The number of aldehydes is 1. The molecule has 1 saturated heterocycles. The zero-order valence-corrected chi connectivity index (χ0v) is 10.8. The number of rotatable bonds is 3. The van der Waals surface area contributed by atoms with Crippen LogP contribution in [-0.2, 0) is 0 Å². The molecular formula is C14H20N2O. The van der Waals surface area contributed by atoms with E-state index in [9.17, 15) is 4.79 Å². The predicted molar refractivity (Wildman–Crippen MR) is 69.6 cm³/mol. The number of hydrogen-bond donors (Lipinski definition) is 0. The number of anilines is 1. The van der Waals surface area contributed by atoms with Crippen LogP contribution in [0, 0.1) is 12.8 Å². The van der Waals surface area contributed by atoms with Crippen LogP contribution in [0.4, 0.5) is 5.82 Å². The summed E-state index contributed by atoms with van der Waals surface area (Å²) in [5.74, 6) is 1.69. The molecule has 17 heavy (non-hydrogen) atoms. The Kier molecular flexibility index (Phi) is 3.46. The van der Waals surface area contributed by atoms with Crippen molar-refractivity contribution in [3.05, 3.63) is 23.4 Å². The van der Waals surface area contributed by atoms with E-state index in [1.54, 1.807) is 6.20 Å². The summed E-state index contributed by atoms with van der Waals surface area (Å²) in [6, 6.07) is 2.51. The van der Waals surface area contributed by atoms with Gasteiger partial charge in [-0.2, -0.15) is 0 Å². The fraction of sp³-hybridized carbons (Fsp3) is 0.571. The Hall–Kier alpha value is -1.38. The highest BCUT2D eigenvalue weighted by atomic mass is 16.1. The smallest absolute Gasteiger partial charge is 0.151 e. The molecule has 0 saturated carbocycles. The summed E-state index contributed by atoms with van der Waals surface area (Å²) in [4.78, 5) is 17.6. The van der Waals surface area contributed by atoms with E-state index in [1.807, 2.05) is 13.0 Å². The van der Waals surface area contributed by atoms with Gasteiger partial charge in [-0.05, 0) is 37.3 Å². The van der Waals surface area contributed by atoms with E-state index < -0.39 is 0 Å². The summed E-state index contributed by atoms with van der Waals surface area (Å²) in [7, 11) is 0. The molecule has 0 N–H and O–H groups in total. The van der Waals surface area contributed by atoms with Crippen molar-refractivity contribution in [1.82, 2.24) is 4.98 Å². The van der Waals surface area contributed by atoms with Gasteiger partial charge in [0.15, 0.2) is 6.29 Å². The van der Waals surface area contributed by atoms with E-state index in [-0.39, 0.29) is 0 Å². The third kappa shape index (κ3) is 2.33. The molecule has 0 radical (unpaired) electrons. The first-order chi connectivity index (χ1) is 8.13. The van der Waals surface area contributed by atoms with E-state index in [0.29, 0.717) is 17.5 Å². The summed E-state index contributed by atoms with van der Waals surface area (Å²) >= 11 is 0. The van der Waals surface area contributed by atoms with E-state index in [2.05, 4.69) is 23.7 Å². The number of aryl methyl sites for hydroxylation is 1. The van der Waals surface area contributed by atoms with Crippen LogP contribution in [0.25, 0.3) is 0 Å². The lowest BCUT2D eigenvalue weighted by Crippen LogP contribution is -2.34. The molecule has 92 valence electrons. The maximum atomic E-state index is 10.7. The van der Waals surface area contributed by atoms with E-state index in [4.69, 9.17) is 0 Å². The topological polar surface area (TPSA) is 33.2 Å². The van der Waals surface area contributed by atoms with Gasteiger partial charge in [0, 0.05) is 24.3 Å². The van der Waals surface area contributed by atoms with Crippen LogP contribution >= 0.6 is 0 Å². The second kappa shape index (κ2) is 4.86. The SMILES string of the molecule is Cc1cc(C=O)cnc1N1CCCC1C(C)C. The normalized spacial score (nSPS) is 20.0. The Morgan fingerprint density at radius 2 is 2.29 bits per heavy atom. The molecule has 1 unspecified atom stereocenters. The third-order valence-corrected chi connectivity index (χ3v) is 3.55. The molecule has 0 aromatic carbocycles. The average Bonchev–Trinajstić information content (AvgIpc) is 2.77. The molecule has 1 aliphatic rings. The monoisotopic (exact) mass is 232 g/mol. The van der Waals surface area contributed by atoms with Crippen LogP contribution in [0.2, 0.25) is 0 Å². The molecular weight excluding hydrogens is 212 g/mol. The zero-order chi connectivity index (χ0) is 12.4. The van der Waals surface area contributed by atoms with Crippen molar-refractivity contribution >= 4 is 12.1 Å². The zero-order valence-electron chi connectivity index (χ0n) is 10.8. The number of carbonyl (C=O) groups excluding carboxylic acids is 1. The molecule has 1 fully saturated rings. The van der Waals surface area contributed by atoms with E-state index in [0.717, 1.165) is 24.2 Å². The Morgan fingerprint density at radius 3 is 2.88 bits per heavy atom. The lowest BCUT2D eigenvalue weighted by atomic mass is 10.0. The van der Waals surface area contributed by atoms with Crippen LogP contribution in [0.5, 0.6) is 0 Å². The van der Waals surface area contributed by atoms with Crippen LogP contribution < -0.4 is 4.90 Å². The summed E-state index contributed by atoms with van der Waals surface area (Å²) in [5.41, 5.74) is 1.76. The van der Waals surface area contributed by atoms with Crippen molar-refractivity contribution in [2.45, 2.75) is 39.7 Å². The summed E-state index contributed by atoms with van der Waals surface area (Å²) in [6.07, 6.45) is 5.01. The summed E-state index contributed by atoms with van der Waals surface area (Å²) < 4.78 is 0. The second-order valence-electron chi connectivity index (χ2n) is 5.17. The van der Waals surface area contributed by atoms with Crippen molar-refractivity contribution in [3.63, 3.8) is 0 Å². The molecule has 1 aromatic heterocycles. The Labute approximate surface area is 103 Å². The van der Waals surface area contributed by atoms with Crippen LogP contribution in [0.1, 0.15) is 42.6 Å². The lowest BCUT2D eigenvalue weighted by molar-refractivity contribution is 0.112. The second-order valence-corrected chi connectivity index (χ2v) is 5.17. The quantitative estimate of drug-likeness (QED) is 0.751. The average molecular weight is 232 g/mol. The van der Waals surface area contributed by atoms with Crippen LogP contribution in [0.15, 0.2) is 12.3 Å². The van der Waals surface area contributed by atoms with Crippen molar-refractivity contribution < 1.29 is 4.79 Å². The maximum absolute atomic E-state index is 10.7. The molecule has 1 aromatic rings. The largest absolute Gasteiger partial charge is 0.353 e. The van der Waals surface area contributed by atoms with Crippen molar-refractivity contribution in [1.29, 1.82) is 0 Å². The molecule has 3 heteroatoms. The fourth-order valence-electron chi connectivity index (χ4n) is 2.70. The first kappa shape index (κ1) is 12.1. The van der Waals surface area contributed by atoms with Gasteiger partial charge in [-0.1, -0.05) is 13.8 Å². The highest BCUT2D eigenvalue weighted by Gasteiger charge is 2.28. The van der Waals surface area contributed by atoms with Crippen molar-refractivity contribution in [2.24, 2.45) is 5.92 Å². The van der Waals surface area contributed by atoms with Crippen molar-refractivity contribution in [2.75, 3.05) is 11.4 Å². The minimum atomic E-state index is 0.586. The molecule has 0 spiro atoms. The molecule has 0 bridgehead atoms. The van der Waals surface area contributed by atoms with Gasteiger partial charge in [-0.15, -0.1) is 0 Å². The Bertz CT molecular complexity index is 415. The van der Waals surface area contributed by atoms with Gasteiger partial charge in [-0.25, -0.2) is 4.98 Å². The highest BCUT2D eigenvalue weighted by molar-refractivity contribution is 5.75. The molecule has 3 nitrogen and oxygen atoms in total. The summed E-state index contributed by atoms with van der Waals surface area (Å²) in [6.45, 7) is 7.64. The van der Waals surface area contributed by atoms with Crippen LogP contribution in [-0.4, -0.2) is 23.9 Å². The number of hydrogen-bond acceptors (Lipinski definition) is 3. The molecule has 2 heterocycles. The Morgan fingerprint density at radius 1 is 1.53 bits per heavy atom. The molecule has 2 rings (SSSR count). The molecule has 1 aliphatic heterocycles. The highest BCUT2D eigenvalue weighted by Crippen LogP contribution is 2.30. The third-order valence-electron chi connectivity index (χ3n) is 3.55. The molecule has 0 amide bonds. The van der Waals surface area contributed by atoms with Gasteiger partial charge < -0.3 is 4.90 Å². The Balaban J connectivity index is 2.30. The number of pyridine rings is 1. The van der Waals surface area contributed by atoms with E-state index >= 15 is 0 Å². The number of carbonyl (C=O) groups is 1. The van der Waals surface area contributed by atoms with Gasteiger partial charge >= 0.3 is 0 Å². The minimum absolute atomic E-state index is 0.586. The number of nitrogens with zero attached hydrogens (tertiary/aromatic N) is 2.